The first-order valence-electron chi connectivity index (χ1n) is 6.56. The van der Waals surface area contributed by atoms with Gasteiger partial charge in [0.2, 0.25) is 0 Å². The SMILES string of the molecule is CC[C@H](C)NC(=O)NC(=O)COC(=O)c1ccc(Cl)cc1Cl. The van der Waals surface area contributed by atoms with Crippen LogP contribution in [0.3, 0.4) is 0 Å². The van der Waals surface area contributed by atoms with Gasteiger partial charge in [-0.2, -0.15) is 0 Å². The quantitative estimate of drug-likeness (QED) is 0.802. The molecule has 0 aliphatic heterocycles. The van der Waals surface area contributed by atoms with Crippen molar-refractivity contribution in [1.29, 1.82) is 0 Å². The Hall–Kier alpha value is -1.79. The standard InChI is InChI=1S/C14H16Cl2N2O4/c1-3-8(2)17-14(21)18-12(19)7-22-13(20)10-5-4-9(15)6-11(10)16/h4-6,8H,3,7H2,1-2H3,(H2,17,18,19,21)/t8-/m0/s1. The Labute approximate surface area is 138 Å². The highest BCUT2D eigenvalue weighted by Crippen LogP contribution is 2.21. The van der Waals surface area contributed by atoms with Crippen molar-refractivity contribution in [2.75, 3.05) is 6.61 Å². The lowest BCUT2D eigenvalue weighted by Crippen LogP contribution is -2.44. The van der Waals surface area contributed by atoms with Gasteiger partial charge in [-0.3, -0.25) is 10.1 Å². The third-order valence-corrected chi connectivity index (χ3v) is 3.28. The molecule has 0 aromatic heterocycles. The lowest BCUT2D eigenvalue weighted by atomic mass is 10.2. The smallest absolute Gasteiger partial charge is 0.340 e. The number of halogens is 2. The van der Waals surface area contributed by atoms with E-state index in [-0.39, 0.29) is 16.6 Å². The second-order valence-electron chi connectivity index (χ2n) is 4.53. The van der Waals surface area contributed by atoms with E-state index < -0.39 is 24.5 Å². The van der Waals surface area contributed by atoms with E-state index in [2.05, 4.69) is 10.6 Å². The molecule has 1 rings (SSSR count). The summed E-state index contributed by atoms with van der Waals surface area (Å²) in [5.41, 5.74) is 0.0860. The third-order valence-electron chi connectivity index (χ3n) is 2.73. The molecular weight excluding hydrogens is 331 g/mol. The van der Waals surface area contributed by atoms with Crippen molar-refractivity contribution < 1.29 is 19.1 Å². The molecule has 0 bridgehead atoms. The first kappa shape index (κ1) is 18.3. The highest BCUT2D eigenvalue weighted by Gasteiger charge is 2.15. The number of amides is 3. The summed E-state index contributed by atoms with van der Waals surface area (Å²) in [6.07, 6.45) is 0.728. The maximum absolute atomic E-state index is 11.8. The fourth-order valence-electron chi connectivity index (χ4n) is 1.39. The molecule has 3 amide bonds. The van der Waals surface area contributed by atoms with Gasteiger partial charge >= 0.3 is 12.0 Å². The Morgan fingerprint density at radius 1 is 1.27 bits per heavy atom. The highest BCUT2D eigenvalue weighted by atomic mass is 35.5. The number of esters is 1. The highest BCUT2D eigenvalue weighted by molar-refractivity contribution is 6.36. The van der Waals surface area contributed by atoms with E-state index in [0.29, 0.717) is 5.02 Å². The molecule has 0 radical (unpaired) electrons. The van der Waals surface area contributed by atoms with Crippen LogP contribution in [0.15, 0.2) is 18.2 Å². The summed E-state index contributed by atoms with van der Waals surface area (Å²) in [5, 5.41) is 5.10. The number of hydrogen-bond donors (Lipinski definition) is 2. The van der Waals surface area contributed by atoms with Gasteiger partial charge in [0.25, 0.3) is 5.91 Å². The maximum Gasteiger partial charge on any atom is 0.340 e. The average Bonchev–Trinajstić information content (AvgIpc) is 2.44. The van der Waals surface area contributed by atoms with E-state index in [1.807, 2.05) is 6.92 Å². The van der Waals surface area contributed by atoms with Gasteiger partial charge in [-0.15, -0.1) is 0 Å². The predicted octanol–water partition coefficient (Wildman–Crippen LogP) is 2.77. The van der Waals surface area contributed by atoms with Gasteiger partial charge in [0, 0.05) is 11.1 Å². The molecule has 1 atom stereocenters. The maximum atomic E-state index is 11.8. The van der Waals surface area contributed by atoms with Crippen LogP contribution < -0.4 is 10.6 Å². The second-order valence-corrected chi connectivity index (χ2v) is 5.37. The van der Waals surface area contributed by atoms with Gasteiger partial charge in [0.15, 0.2) is 6.61 Å². The van der Waals surface area contributed by atoms with Crippen molar-refractivity contribution in [3.05, 3.63) is 33.8 Å². The van der Waals surface area contributed by atoms with Crippen molar-refractivity contribution >= 4 is 41.1 Å². The van der Waals surface area contributed by atoms with E-state index in [0.717, 1.165) is 6.42 Å². The van der Waals surface area contributed by atoms with E-state index in [1.165, 1.54) is 18.2 Å². The molecule has 120 valence electrons. The molecule has 0 saturated carbocycles. The number of benzene rings is 1. The number of carbonyl (C=O) groups is 3. The Balaban J connectivity index is 2.46. The van der Waals surface area contributed by atoms with Gasteiger partial charge in [0.1, 0.15) is 0 Å². The summed E-state index contributed by atoms with van der Waals surface area (Å²) in [6, 6.07) is 3.55. The van der Waals surface area contributed by atoms with Crippen molar-refractivity contribution in [1.82, 2.24) is 10.6 Å². The van der Waals surface area contributed by atoms with E-state index >= 15 is 0 Å². The molecule has 22 heavy (non-hydrogen) atoms. The molecule has 0 fully saturated rings. The summed E-state index contributed by atoms with van der Waals surface area (Å²) in [6.45, 7) is 3.10. The van der Waals surface area contributed by atoms with Crippen LogP contribution in [-0.2, 0) is 9.53 Å². The molecule has 0 spiro atoms. The zero-order valence-corrected chi connectivity index (χ0v) is 13.6. The Morgan fingerprint density at radius 3 is 2.55 bits per heavy atom. The van der Waals surface area contributed by atoms with Crippen LogP contribution in [0, 0.1) is 0 Å². The summed E-state index contributed by atoms with van der Waals surface area (Å²) in [7, 11) is 0. The van der Waals surface area contributed by atoms with Crippen molar-refractivity contribution in [2.24, 2.45) is 0 Å². The molecule has 1 aromatic rings. The number of nitrogens with one attached hydrogen (secondary N) is 2. The Kier molecular flexibility index (Phi) is 7.14. The van der Waals surface area contributed by atoms with Gasteiger partial charge in [-0.1, -0.05) is 30.1 Å². The molecule has 1 aromatic carbocycles. The molecule has 2 N–H and O–H groups in total. The van der Waals surface area contributed by atoms with Crippen LogP contribution in [-0.4, -0.2) is 30.6 Å². The number of ether oxygens (including phenoxy) is 1. The van der Waals surface area contributed by atoms with Crippen molar-refractivity contribution in [2.45, 2.75) is 26.3 Å². The summed E-state index contributed by atoms with van der Waals surface area (Å²) in [4.78, 5) is 34.7. The van der Waals surface area contributed by atoms with Crippen LogP contribution in [0.5, 0.6) is 0 Å². The molecule has 0 saturated heterocycles. The lowest BCUT2D eigenvalue weighted by molar-refractivity contribution is -0.123. The van der Waals surface area contributed by atoms with Crippen molar-refractivity contribution in [3.63, 3.8) is 0 Å². The van der Waals surface area contributed by atoms with Gasteiger partial charge < -0.3 is 10.1 Å². The third kappa shape index (κ3) is 5.91. The van der Waals surface area contributed by atoms with E-state index in [9.17, 15) is 14.4 Å². The minimum atomic E-state index is -0.779. The Bertz CT molecular complexity index is 578. The zero-order chi connectivity index (χ0) is 16.7. The fraction of sp³-hybridized carbons (Fsp3) is 0.357. The molecule has 0 aliphatic carbocycles. The zero-order valence-electron chi connectivity index (χ0n) is 12.1. The molecule has 6 nitrogen and oxygen atoms in total. The van der Waals surface area contributed by atoms with Gasteiger partial charge in [-0.05, 0) is 31.5 Å². The van der Waals surface area contributed by atoms with Crippen LogP contribution in [0.2, 0.25) is 10.0 Å². The van der Waals surface area contributed by atoms with E-state index in [4.69, 9.17) is 27.9 Å². The topological polar surface area (TPSA) is 84.5 Å². The minimum absolute atomic E-state index is 0.0665. The molecule has 0 aliphatic rings. The summed E-state index contributed by atoms with van der Waals surface area (Å²) in [5.74, 6) is -1.52. The summed E-state index contributed by atoms with van der Waals surface area (Å²) >= 11 is 11.6. The minimum Gasteiger partial charge on any atom is -0.452 e. The number of carbonyl (C=O) groups excluding carboxylic acids is 3. The molecule has 8 heteroatoms. The first-order chi connectivity index (χ1) is 10.3. The normalized spacial score (nSPS) is 11.5. The number of hydrogen-bond acceptors (Lipinski definition) is 4. The van der Waals surface area contributed by atoms with Crippen LogP contribution >= 0.6 is 23.2 Å². The Morgan fingerprint density at radius 2 is 1.95 bits per heavy atom. The first-order valence-corrected chi connectivity index (χ1v) is 7.31. The number of urea groups is 1. The molecule has 0 heterocycles. The van der Waals surface area contributed by atoms with Crippen LogP contribution in [0.25, 0.3) is 0 Å². The van der Waals surface area contributed by atoms with Gasteiger partial charge in [-0.25, -0.2) is 9.59 Å². The predicted molar refractivity (Wildman–Crippen MR) is 83.2 cm³/mol. The lowest BCUT2D eigenvalue weighted by Gasteiger charge is -2.12. The second kappa shape index (κ2) is 8.60. The van der Waals surface area contributed by atoms with Crippen LogP contribution in [0.4, 0.5) is 4.79 Å². The fourth-order valence-corrected chi connectivity index (χ4v) is 1.87. The average molecular weight is 347 g/mol. The van der Waals surface area contributed by atoms with Gasteiger partial charge in [0.05, 0.1) is 10.6 Å². The van der Waals surface area contributed by atoms with Crippen LogP contribution in [0.1, 0.15) is 30.6 Å². The largest absolute Gasteiger partial charge is 0.452 e. The monoisotopic (exact) mass is 346 g/mol. The summed E-state index contributed by atoms with van der Waals surface area (Å²) < 4.78 is 4.78. The van der Waals surface area contributed by atoms with E-state index in [1.54, 1.807) is 6.92 Å². The number of rotatable bonds is 5. The molecule has 0 unspecified atom stereocenters. The van der Waals surface area contributed by atoms with Crippen molar-refractivity contribution in [3.8, 4) is 0 Å². The molecular formula is C14H16Cl2N2O4. The number of imide groups is 1.